The quantitative estimate of drug-likeness (QED) is 0.795. The average Bonchev–Trinajstić information content (AvgIpc) is 2.26. The lowest BCUT2D eigenvalue weighted by Crippen LogP contribution is -2.16. The van der Waals surface area contributed by atoms with Crippen molar-refractivity contribution in [2.24, 2.45) is 5.73 Å². The smallest absolute Gasteiger partial charge is 0.131 e. The standard InChI is InChI=1S/C15H18FN/c1-15(2,3)14-10(9-17)7-8-11-12(14)5-4-6-13(11)16/h4-8H,9,17H2,1-3H3. The van der Waals surface area contributed by atoms with Gasteiger partial charge in [-0.05, 0) is 28.0 Å². The molecule has 0 heterocycles. The van der Waals surface area contributed by atoms with Crippen LogP contribution in [0, 0.1) is 5.82 Å². The van der Waals surface area contributed by atoms with Crippen LogP contribution in [0.3, 0.4) is 0 Å². The van der Waals surface area contributed by atoms with Gasteiger partial charge in [-0.25, -0.2) is 4.39 Å². The fraction of sp³-hybridized carbons (Fsp3) is 0.333. The number of hydrogen-bond donors (Lipinski definition) is 1. The summed E-state index contributed by atoms with van der Waals surface area (Å²) in [6.07, 6.45) is 0. The van der Waals surface area contributed by atoms with Crippen LogP contribution in [-0.2, 0) is 12.0 Å². The van der Waals surface area contributed by atoms with Gasteiger partial charge >= 0.3 is 0 Å². The summed E-state index contributed by atoms with van der Waals surface area (Å²) in [5.74, 6) is -0.170. The van der Waals surface area contributed by atoms with Gasteiger partial charge in [0.05, 0.1) is 0 Å². The summed E-state index contributed by atoms with van der Waals surface area (Å²) >= 11 is 0. The van der Waals surface area contributed by atoms with E-state index < -0.39 is 0 Å². The van der Waals surface area contributed by atoms with Crippen molar-refractivity contribution in [2.45, 2.75) is 32.7 Å². The molecule has 2 heteroatoms. The number of hydrogen-bond acceptors (Lipinski definition) is 1. The molecular weight excluding hydrogens is 213 g/mol. The molecule has 0 saturated heterocycles. The van der Waals surface area contributed by atoms with E-state index in [2.05, 4.69) is 20.8 Å². The zero-order chi connectivity index (χ0) is 12.6. The third-order valence-electron chi connectivity index (χ3n) is 3.06. The van der Waals surface area contributed by atoms with Gasteiger partial charge in [0, 0.05) is 11.9 Å². The fourth-order valence-electron chi connectivity index (χ4n) is 2.42. The van der Waals surface area contributed by atoms with Crippen LogP contribution in [-0.4, -0.2) is 0 Å². The molecule has 0 radical (unpaired) electrons. The van der Waals surface area contributed by atoms with Gasteiger partial charge in [-0.1, -0.05) is 45.0 Å². The van der Waals surface area contributed by atoms with E-state index in [0.29, 0.717) is 11.9 Å². The van der Waals surface area contributed by atoms with Crippen LogP contribution in [0.15, 0.2) is 30.3 Å². The molecule has 0 aliphatic rings. The number of halogens is 1. The molecule has 2 N–H and O–H groups in total. The Morgan fingerprint density at radius 1 is 1.06 bits per heavy atom. The molecule has 1 nitrogen and oxygen atoms in total. The molecule has 0 atom stereocenters. The number of fused-ring (bicyclic) bond motifs is 1. The Morgan fingerprint density at radius 3 is 2.35 bits per heavy atom. The summed E-state index contributed by atoms with van der Waals surface area (Å²) in [5, 5.41) is 1.65. The number of nitrogens with two attached hydrogens (primary N) is 1. The lowest BCUT2D eigenvalue weighted by Gasteiger charge is -2.25. The molecule has 0 saturated carbocycles. The van der Waals surface area contributed by atoms with Crippen molar-refractivity contribution in [1.82, 2.24) is 0 Å². The SMILES string of the molecule is CC(C)(C)c1c(CN)ccc2c(F)cccc12. The van der Waals surface area contributed by atoms with Gasteiger partial charge in [-0.3, -0.25) is 0 Å². The van der Waals surface area contributed by atoms with Crippen LogP contribution in [0.1, 0.15) is 31.9 Å². The minimum atomic E-state index is -0.170. The van der Waals surface area contributed by atoms with Crippen LogP contribution in [0.5, 0.6) is 0 Å². The summed E-state index contributed by atoms with van der Waals surface area (Å²) < 4.78 is 13.8. The maximum atomic E-state index is 13.8. The van der Waals surface area contributed by atoms with Gasteiger partial charge in [0.2, 0.25) is 0 Å². The van der Waals surface area contributed by atoms with E-state index in [9.17, 15) is 4.39 Å². The highest BCUT2D eigenvalue weighted by Gasteiger charge is 2.20. The molecular formula is C15H18FN. The summed E-state index contributed by atoms with van der Waals surface area (Å²) in [7, 11) is 0. The minimum absolute atomic E-state index is 0.0397. The zero-order valence-corrected chi connectivity index (χ0v) is 10.5. The summed E-state index contributed by atoms with van der Waals surface area (Å²) in [5.41, 5.74) is 7.99. The third-order valence-corrected chi connectivity index (χ3v) is 3.06. The molecule has 0 aliphatic carbocycles. The molecule has 90 valence electrons. The minimum Gasteiger partial charge on any atom is -0.326 e. The van der Waals surface area contributed by atoms with Crippen molar-refractivity contribution in [3.63, 3.8) is 0 Å². The average molecular weight is 231 g/mol. The monoisotopic (exact) mass is 231 g/mol. The van der Waals surface area contributed by atoms with Gasteiger partial charge in [-0.15, -0.1) is 0 Å². The summed E-state index contributed by atoms with van der Waals surface area (Å²) in [6, 6.07) is 8.98. The number of benzene rings is 2. The van der Waals surface area contributed by atoms with Crippen LogP contribution in [0.25, 0.3) is 10.8 Å². The molecule has 2 rings (SSSR count). The van der Waals surface area contributed by atoms with Gasteiger partial charge in [0.1, 0.15) is 5.82 Å². The maximum absolute atomic E-state index is 13.8. The first-order chi connectivity index (χ1) is 7.95. The van der Waals surface area contributed by atoms with Crippen LogP contribution in [0.2, 0.25) is 0 Å². The molecule has 0 bridgehead atoms. The Bertz CT molecular complexity index is 553. The molecule has 0 fully saturated rings. The second kappa shape index (κ2) is 4.11. The molecule has 0 unspecified atom stereocenters. The molecule has 0 spiro atoms. The van der Waals surface area contributed by atoms with E-state index in [0.717, 1.165) is 16.5 Å². The van der Waals surface area contributed by atoms with Crippen LogP contribution < -0.4 is 5.73 Å². The van der Waals surface area contributed by atoms with Crippen LogP contribution >= 0.6 is 0 Å². The number of rotatable bonds is 1. The van der Waals surface area contributed by atoms with Crippen molar-refractivity contribution < 1.29 is 4.39 Å². The Hall–Kier alpha value is -1.41. The Labute approximate surface area is 101 Å². The summed E-state index contributed by atoms with van der Waals surface area (Å²) in [4.78, 5) is 0. The van der Waals surface area contributed by atoms with Crippen molar-refractivity contribution >= 4 is 10.8 Å². The second-order valence-corrected chi connectivity index (χ2v) is 5.39. The Morgan fingerprint density at radius 2 is 1.76 bits per heavy atom. The lowest BCUT2D eigenvalue weighted by molar-refractivity contribution is 0.587. The highest BCUT2D eigenvalue weighted by atomic mass is 19.1. The van der Waals surface area contributed by atoms with Crippen molar-refractivity contribution in [1.29, 1.82) is 0 Å². The molecule has 2 aromatic rings. The predicted octanol–water partition coefficient (Wildman–Crippen LogP) is 3.74. The van der Waals surface area contributed by atoms with Gasteiger partial charge in [0.15, 0.2) is 0 Å². The molecule has 0 aliphatic heterocycles. The Balaban J connectivity index is 2.89. The normalized spacial score (nSPS) is 12.1. The first-order valence-electron chi connectivity index (χ1n) is 5.86. The first-order valence-corrected chi connectivity index (χ1v) is 5.86. The highest BCUT2D eigenvalue weighted by Crippen LogP contribution is 2.33. The second-order valence-electron chi connectivity index (χ2n) is 5.39. The highest BCUT2D eigenvalue weighted by molar-refractivity contribution is 5.88. The molecule has 0 amide bonds. The van der Waals surface area contributed by atoms with E-state index in [1.165, 1.54) is 6.07 Å². The summed E-state index contributed by atoms with van der Waals surface area (Å²) in [6.45, 7) is 6.88. The van der Waals surface area contributed by atoms with Crippen molar-refractivity contribution in [3.05, 3.63) is 47.3 Å². The van der Waals surface area contributed by atoms with Gasteiger partial charge < -0.3 is 5.73 Å². The van der Waals surface area contributed by atoms with Crippen molar-refractivity contribution in [2.75, 3.05) is 0 Å². The van der Waals surface area contributed by atoms with E-state index in [1.54, 1.807) is 6.07 Å². The third kappa shape index (κ3) is 2.05. The topological polar surface area (TPSA) is 26.0 Å². The van der Waals surface area contributed by atoms with E-state index in [1.807, 2.05) is 18.2 Å². The maximum Gasteiger partial charge on any atom is 0.131 e. The lowest BCUT2D eigenvalue weighted by atomic mass is 9.80. The first kappa shape index (κ1) is 12.1. The fourth-order valence-corrected chi connectivity index (χ4v) is 2.42. The van der Waals surface area contributed by atoms with Crippen LogP contribution in [0.4, 0.5) is 4.39 Å². The van der Waals surface area contributed by atoms with Gasteiger partial charge in [-0.2, -0.15) is 0 Å². The van der Waals surface area contributed by atoms with Gasteiger partial charge in [0.25, 0.3) is 0 Å². The predicted molar refractivity (Wildman–Crippen MR) is 70.5 cm³/mol. The molecule has 2 aromatic carbocycles. The van der Waals surface area contributed by atoms with E-state index >= 15 is 0 Å². The zero-order valence-electron chi connectivity index (χ0n) is 10.5. The molecule has 17 heavy (non-hydrogen) atoms. The Kier molecular flexibility index (Phi) is 2.92. The van der Waals surface area contributed by atoms with E-state index in [-0.39, 0.29) is 11.2 Å². The molecule has 0 aromatic heterocycles. The largest absolute Gasteiger partial charge is 0.326 e. The van der Waals surface area contributed by atoms with Crippen molar-refractivity contribution in [3.8, 4) is 0 Å². The van der Waals surface area contributed by atoms with E-state index in [4.69, 9.17) is 5.73 Å².